The Morgan fingerprint density at radius 2 is 1.96 bits per heavy atom. The lowest BCUT2D eigenvalue weighted by atomic mass is 9.98. The summed E-state index contributed by atoms with van der Waals surface area (Å²) < 4.78 is 1.85. The highest BCUT2D eigenvalue weighted by atomic mass is 16.3. The van der Waals surface area contributed by atoms with Gasteiger partial charge in [0.05, 0.1) is 35.6 Å². The Morgan fingerprint density at radius 3 is 2.71 bits per heavy atom. The molecule has 1 aliphatic heterocycles. The van der Waals surface area contributed by atoms with Gasteiger partial charge in [-0.2, -0.15) is 0 Å². The van der Waals surface area contributed by atoms with Gasteiger partial charge in [-0.1, -0.05) is 5.21 Å². The summed E-state index contributed by atoms with van der Waals surface area (Å²) in [6.45, 7) is 9.86. The van der Waals surface area contributed by atoms with E-state index in [1.165, 1.54) is 12.8 Å². The predicted octanol–water partition coefficient (Wildman–Crippen LogP) is 1.40. The van der Waals surface area contributed by atoms with Gasteiger partial charge in [0.25, 0.3) is 0 Å². The third-order valence-electron chi connectivity index (χ3n) is 4.75. The van der Waals surface area contributed by atoms with Crippen molar-refractivity contribution in [3.63, 3.8) is 0 Å². The summed E-state index contributed by atoms with van der Waals surface area (Å²) in [7, 11) is 0. The Balaban J connectivity index is 1.62. The van der Waals surface area contributed by atoms with E-state index in [9.17, 15) is 0 Å². The van der Waals surface area contributed by atoms with Crippen LogP contribution in [0.2, 0.25) is 0 Å². The topological polar surface area (TPSA) is 80.0 Å². The van der Waals surface area contributed by atoms with Crippen LogP contribution in [0.15, 0.2) is 6.20 Å². The van der Waals surface area contributed by atoms with Gasteiger partial charge in [-0.25, -0.2) is 0 Å². The molecule has 0 saturated carbocycles. The first kappa shape index (κ1) is 17.0. The molecule has 0 amide bonds. The van der Waals surface area contributed by atoms with Crippen molar-refractivity contribution in [2.75, 3.05) is 13.1 Å². The molecule has 0 bridgehead atoms. The van der Waals surface area contributed by atoms with Gasteiger partial charge in [0.1, 0.15) is 5.69 Å². The van der Waals surface area contributed by atoms with E-state index in [2.05, 4.69) is 20.2 Å². The van der Waals surface area contributed by atoms with Crippen LogP contribution in [0, 0.1) is 26.7 Å². The van der Waals surface area contributed by atoms with Crippen LogP contribution in [0.25, 0.3) is 0 Å². The highest BCUT2D eigenvalue weighted by molar-refractivity contribution is 5.17. The molecule has 7 nitrogen and oxygen atoms in total. The van der Waals surface area contributed by atoms with Crippen LogP contribution in [-0.2, 0) is 19.7 Å². The van der Waals surface area contributed by atoms with Crippen LogP contribution in [0.3, 0.4) is 0 Å². The van der Waals surface area contributed by atoms with Crippen molar-refractivity contribution in [3.05, 3.63) is 34.7 Å². The second kappa shape index (κ2) is 7.36. The lowest BCUT2D eigenvalue weighted by Crippen LogP contribution is -2.37. The van der Waals surface area contributed by atoms with E-state index in [-0.39, 0.29) is 6.61 Å². The summed E-state index contributed by atoms with van der Waals surface area (Å²) in [5.74, 6) is 0.548. The lowest BCUT2D eigenvalue weighted by molar-refractivity contribution is 0.151. The average Bonchev–Trinajstić information content (AvgIpc) is 3.00. The number of likely N-dealkylation sites (tertiary alicyclic amines) is 1. The molecule has 0 unspecified atom stereocenters. The first-order chi connectivity index (χ1) is 11.5. The third kappa shape index (κ3) is 3.96. The van der Waals surface area contributed by atoms with Crippen LogP contribution < -0.4 is 0 Å². The number of aromatic nitrogens is 5. The summed E-state index contributed by atoms with van der Waals surface area (Å²) in [5, 5.41) is 17.1. The minimum Gasteiger partial charge on any atom is -0.390 e. The van der Waals surface area contributed by atoms with Crippen LogP contribution >= 0.6 is 0 Å². The summed E-state index contributed by atoms with van der Waals surface area (Å²) in [6, 6.07) is 0. The van der Waals surface area contributed by atoms with Crippen molar-refractivity contribution < 1.29 is 5.11 Å². The Morgan fingerprint density at radius 1 is 1.17 bits per heavy atom. The van der Waals surface area contributed by atoms with Gasteiger partial charge in [-0.05, 0) is 46.1 Å². The summed E-state index contributed by atoms with van der Waals surface area (Å²) >= 11 is 0. The van der Waals surface area contributed by atoms with Crippen LogP contribution in [0.4, 0.5) is 0 Å². The zero-order chi connectivity index (χ0) is 17.1. The van der Waals surface area contributed by atoms with E-state index >= 15 is 0 Å². The number of aliphatic hydroxyl groups excluding tert-OH is 1. The molecule has 3 heterocycles. The Labute approximate surface area is 142 Å². The molecule has 3 rings (SSSR count). The molecule has 2 aromatic heterocycles. The highest BCUT2D eigenvalue weighted by Crippen LogP contribution is 2.20. The van der Waals surface area contributed by atoms with Crippen molar-refractivity contribution in [1.29, 1.82) is 0 Å². The molecule has 1 N–H and O–H groups in total. The van der Waals surface area contributed by atoms with Crippen LogP contribution in [0.1, 0.15) is 41.3 Å². The minimum absolute atomic E-state index is 0.0541. The Bertz CT molecular complexity index is 698. The zero-order valence-corrected chi connectivity index (χ0v) is 14.7. The number of piperidine rings is 1. The molecule has 0 spiro atoms. The van der Waals surface area contributed by atoms with E-state index in [0.29, 0.717) is 11.6 Å². The van der Waals surface area contributed by atoms with Crippen molar-refractivity contribution in [1.82, 2.24) is 29.9 Å². The molecule has 7 heteroatoms. The molecule has 0 radical (unpaired) electrons. The molecule has 1 fully saturated rings. The first-order valence-electron chi connectivity index (χ1n) is 8.58. The van der Waals surface area contributed by atoms with Gasteiger partial charge in [-0.15, -0.1) is 5.10 Å². The fraction of sp³-hybridized carbons (Fsp3) is 0.647. The van der Waals surface area contributed by atoms with Gasteiger partial charge < -0.3 is 5.11 Å². The Hall–Kier alpha value is -1.86. The molecule has 1 atom stereocenters. The van der Waals surface area contributed by atoms with Gasteiger partial charge in [0, 0.05) is 19.6 Å². The van der Waals surface area contributed by atoms with Gasteiger partial charge in [0.2, 0.25) is 0 Å². The van der Waals surface area contributed by atoms with E-state index in [4.69, 9.17) is 10.1 Å². The molecule has 130 valence electrons. The second-order valence-electron chi connectivity index (χ2n) is 6.76. The fourth-order valence-electron chi connectivity index (χ4n) is 3.33. The lowest BCUT2D eigenvalue weighted by Gasteiger charge is -2.32. The first-order valence-corrected chi connectivity index (χ1v) is 8.58. The molecule has 24 heavy (non-hydrogen) atoms. The molecule has 1 aliphatic rings. The fourth-order valence-corrected chi connectivity index (χ4v) is 3.33. The smallest absolute Gasteiger partial charge is 0.108 e. The van der Waals surface area contributed by atoms with Gasteiger partial charge in [0.15, 0.2) is 0 Å². The normalized spacial score (nSPS) is 18.9. The highest BCUT2D eigenvalue weighted by Gasteiger charge is 2.22. The number of aliphatic hydroxyl groups is 1. The number of aryl methyl sites for hydroxylation is 3. The molecule has 1 saturated heterocycles. The van der Waals surface area contributed by atoms with Crippen molar-refractivity contribution >= 4 is 0 Å². The van der Waals surface area contributed by atoms with Crippen molar-refractivity contribution in [2.24, 2.45) is 5.92 Å². The van der Waals surface area contributed by atoms with Crippen molar-refractivity contribution in [3.8, 4) is 0 Å². The maximum absolute atomic E-state index is 9.09. The van der Waals surface area contributed by atoms with E-state index < -0.39 is 0 Å². The average molecular weight is 330 g/mol. The number of hydrogen-bond donors (Lipinski definition) is 1. The Kier molecular flexibility index (Phi) is 5.20. The maximum atomic E-state index is 9.09. The SMILES string of the molecule is Cc1nc(C)c(CN2CCC[C@H](Cn3cc(CO)nn3)C2)nc1C. The van der Waals surface area contributed by atoms with Crippen LogP contribution in [0.5, 0.6) is 0 Å². The standard InChI is InChI=1S/C17H26N6O/c1-12-13(2)19-17(14(3)18-12)10-22-6-4-5-15(7-22)8-23-9-16(11-24)20-21-23/h9,15,24H,4-8,10-11H2,1-3H3/t15-/m0/s1. The number of nitrogens with zero attached hydrogens (tertiary/aromatic N) is 6. The quantitative estimate of drug-likeness (QED) is 0.892. The molecular formula is C17H26N6O. The molecule has 2 aromatic rings. The summed E-state index contributed by atoms with van der Waals surface area (Å²) in [6.07, 6.45) is 4.21. The third-order valence-corrected chi connectivity index (χ3v) is 4.75. The van der Waals surface area contributed by atoms with E-state index in [1.54, 1.807) is 0 Å². The maximum Gasteiger partial charge on any atom is 0.108 e. The number of rotatable bonds is 5. The molecule has 0 aromatic carbocycles. The summed E-state index contributed by atoms with van der Waals surface area (Å²) in [5.41, 5.74) is 4.77. The number of hydrogen-bond acceptors (Lipinski definition) is 6. The second-order valence-corrected chi connectivity index (χ2v) is 6.76. The zero-order valence-electron chi connectivity index (χ0n) is 14.7. The molecular weight excluding hydrogens is 304 g/mol. The summed E-state index contributed by atoms with van der Waals surface area (Å²) in [4.78, 5) is 11.8. The predicted molar refractivity (Wildman–Crippen MR) is 90.2 cm³/mol. The van der Waals surface area contributed by atoms with E-state index in [1.807, 2.05) is 31.6 Å². The van der Waals surface area contributed by atoms with Crippen molar-refractivity contribution in [2.45, 2.75) is 53.3 Å². The van der Waals surface area contributed by atoms with Gasteiger partial charge in [-0.3, -0.25) is 19.5 Å². The minimum atomic E-state index is -0.0541. The van der Waals surface area contributed by atoms with Gasteiger partial charge >= 0.3 is 0 Å². The van der Waals surface area contributed by atoms with E-state index in [0.717, 1.165) is 49.0 Å². The monoisotopic (exact) mass is 330 g/mol. The largest absolute Gasteiger partial charge is 0.390 e. The van der Waals surface area contributed by atoms with Crippen LogP contribution in [-0.4, -0.2) is 48.1 Å². The molecule has 0 aliphatic carbocycles.